The Balaban J connectivity index is 2.85. The van der Waals surface area contributed by atoms with Crippen LogP contribution in [0.25, 0.3) is 0 Å². The van der Waals surface area contributed by atoms with Gasteiger partial charge in [-0.15, -0.1) is 0 Å². The van der Waals surface area contributed by atoms with Gasteiger partial charge in [0.25, 0.3) is 0 Å². The number of carbonyl (C=O) groups is 1. The fourth-order valence-electron chi connectivity index (χ4n) is 0.716. The molecule has 0 fully saturated rings. The molecular formula is C7H9N2OP. The van der Waals surface area contributed by atoms with Crippen LogP contribution in [0.15, 0.2) is 30.3 Å². The zero-order valence-electron chi connectivity index (χ0n) is 5.90. The number of primary amides is 1. The lowest BCUT2D eigenvalue weighted by Crippen LogP contribution is -2.26. The van der Waals surface area contributed by atoms with Gasteiger partial charge in [-0.3, -0.25) is 4.67 Å². The first-order valence-electron chi connectivity index (χ1n) is 3.11. The Bertz CT molecular complexity index is 250. The van der Waals surface area contributed by atoms with Crippen LogP contribution in [-0.2, 0) is 0 Å². The summed E-state index contributed by atoms with van der Waals surface area (Å²) in [4.78, 5) is 10.6. The number of nitrogens with two attached hydrogens (primary N) is 1. The molecule has 1 rings (SSSR count). The van der Waals surface area contributed by atoms with E-state index in [2.05, 4.69) is 9.39 Å². The normalized spacial score (nSPS) is 9.18. The lowest BCUT2D eigenvalue weighted by atomic mass is 10.3. The smallest absolute Gasteiger partial charge is 0.322 e. The van der Waals surface area contributed by atoms with Gasteiger partial charge < -0.3 is 5.73 Å². The Labute approximate surface area is 67.4 Å². The standard InChI is InChI=1S/C7H9N2OP/c8-7(10)9(11)6-4-2-1-3-5-6/h1-5H,11H2,(H2,8,10). The first-order valence-corrected chi connectivity index (χ1v) is 3.63. The van der Waals surface area contributed by atoms with Crippen LogP contribution in [0.3, 0.4) is 0 Å². The third-order valence-corrected chi connectivity index (χ3v) is 1.82. The molecule has 0 aromatic heterocycles. The highest BCUT2D eigenvalue weighted by Crippen LogP contribution is 2.15. The Morgan fingerprint density at radius 2 is 1.91 bits per heavy atom. The zero-order chi connectivity index (χ0) is 8.27. The minimum Gasteiger partial charge on any atom is -0.351 e. The maximum Gasteiger partial charge on any atom is 0.322 e. The minimum absolute atomic E-state index is 0.485. The van der Waals surface area contributed by atoms with Crippen molar-refractivity contribution in [2.75, 3.05) is 4.67 Å². The van der Waals surface area contributed by atoms with Crippen LogP contribution in [0.4, 0.5) is 10.5 Å². The summed E-state index contributed by atoms with van der Waals surface area (Å²) >= 11 is 0. The molecule has 3 nitrogen and oxygen atoms in total. The summed E-state index contributed by atoms with van der Waals surface area (Å²) in [6.07, 6.45) is 0. The number of benzene rings is 1. The van der Waals surface area contributed by atoms with Crippen molar-refractivity contribution in [1.29, 1.82) is 0 Å². The molecule has 2 amide bonds. The molecule has 0 spiro atoms. The molecule has 1 aromatic rings. The topological polar surface area (TPSA) is 46.3 Å². The van der Waals surface area contributed by atoms with Crippen LogP contribution < -0.4 is 10.4 Å². The van der Waals surface area contributed by atoms with Gasteiger partial charge in [-0.05, 0) is 21.5 Å². The summed E-state index contributed by atoms with van der Waals surface area (Å²) in [5.41, 5.74) is 5.80. The highest BCUT2D eigenvalue weighted by Gasteiger charge is 2.03. The Morgan fingerprint density at radius 3 is 2.36 bits per heavy atom. The van der Waals surface area contributed by atoms with Crippen molar-refractivity contribution in [1.82, 2.24) is 0 Å². The summed E-state index contributed by atoms with van der Waals surface area (Å²) in [5, 5.41) is 0. The van der Waals surface area contributed by atoms with Gasteiger partial charge in [0.1, 0.15) is 0 Å². The molecule has 1 aromatic carbocycles. The molecule has 1 unspecified atom stereocenters. The van der Waals surface area contributed by atoms with Gasteiger partial charge >= 0.3 is 6.03 Å². The average Bonchev–Trinajstić information content (AvgIpc) is 2.05. The quantitative estimate of drug-likeness (QED) is 0.632. The molecule has 0 bridgehead atoms. The van der Waals surface area contributed by atoms with Crippen molar-refractivity contribution in [2.24, 2.45) is 5.73 Å². The van der Waals surface area contributed by atoms with Crippen molar-refractivity contribution in [3.05, 3.63) is 30.3 Å². The zero-order valence-corrected chi connectivity index (χ0v) is 7.05. The summed E-state index contributed by atoms with van der Waals surface area (Å²) in [6, 6.07) is 8.68. The van der Waals surface area contributed by atoms with Gasteiger partial charge in [0.15, 0.2) is 0 Å². The van der Waals surface area contributed by atoms with Gasteiger partial charge in [0.05, 0.1) is 0 Å². The SMILES string of the molecule is NC(=O)N(P)c1ccccc1. The predicted molar refractivity (Wildman–Crippen MR) is 48.2 cm³/mol. The van der Waals surface area contributed by atoms with E-state index in [0.717, 1.165) is 5.69 Å². The van der Waals surface area contributed by atoms with Crippen molar-refractivity contribution in [3.8, 4) is 0 Å². The van der Waals surface area contributed by atoms with E-state index >= 15 is 0 Å². The van der Waals surface area contributed by atoms with E-state index in [1.807, 2.05) is 18.2 Å². The molecule has 11 heavy (non-hydrogen) atoms. The fourth-order valence-corrected chi connectivity index (χ4v) is 0.888. The summed E-state index contributed by atoms with van der Waals surface area (Å²) < 4.78 is 1.31. The highest BCUT2D eigenvalue weighted by atomic mass is 31.0. The number of nitrogens with zero attached hydrogens (tertiary/aromatic N) is 1. The second-order valence-corrected chi connectivity index (χ2v) is 2.56. The lowest BCUT2D eigenvalue weighted by Gasteiger charge is -2.12. The molecule has 58 valence electrons. The third-order valence-electron chi connectivity index (χ3n) is 1.27. The number of hydrogen-bond acceptors (Lipinski definition) is 1. The van der Waals surface area contributed by atoms with Crippen LogP contribution in [0, 0.1) is 0 Å². The number of hydrogen-bond donors (Lipinski definition) is 1. The number of carbonyl (C=O) groups excluding carboxylic acids is 1. The van der Waals surface area contributed by atoms with Gasteiger partial charge in [-0.1, -0.05) is 18.2 Å². The molecule has 0 aliphatic carbocycles. The largest absolute Gasteiger partial charge is 0.351 e. The molecular weight excluding hydrogens is 159 g/mol. The highest BCUT2D eigenvalue weighted by molar-refractivity contribution is 7.21. The average molecular weight is 168 g/mol. The molecule has 1 atom stereocenters. The van der Waals surface area contributed by atoms with Crippen LogP contribution in [0.2, 0.25) is 0 Å². The van der Waals surface area contributed by atoms with E-state index < -0.39 is 6.03 Å². The second-order valence-electron chi connectivity index (χ2n) is 2.04. The van der Waals surface area contributed by atoms with Gasteiger partial charge in [0, 0.05) is 5.69 Å². The predicted octanol–water partition coefficient (Wildman–Crippen LogP) is 1.36. The second kappa shape index (κ2) is 3.35. The van der Waals surface area contributed by atoms with E-state index in [1.54, 1.807) is 12.1 Å². The van der Waals surface area contributed by atoms with Crippen LogP contribution in [0.1, 0.15) is 0 Å². The molecule has 0 saturated heterocycles. The van der Waals surface area contributed by atoms with Crippen LogP contribution in [-0.4, -0.2) is 6.03 Å². The molecule has 0 heterocycles. The molecule has 4 heteroatoms. The first-order chi connectivity index (χ1) is 5.22. The van der Waals surface area contributed by atoms with Crippen LogP contribution >= 0.6 is 9.39 Å². The molecule has 0 aliphatic rings. The van der Waals surface area contributed by atoms with Crippen molar-refractivity contribution in [3.63, 3.8) is 0 Å². The summed E-state index contributed by atoms with van der Waals surface area (Å²) in [5.74, 6) is 0. The molecule has 0 aliphatic heterocycles. The van der Waals surface area contributed by atoms with Crippen molar-refractivity contribution < 1.29 is 4.79 Å². The Kier molecular flexibility index (Phi) is 2.44. The Hall–Kier alpha value is -1.08. The fraction of sp³-hybridized carbons (Fsp3) is 0. The van der Waals surface area contributed by atoms with Gasteiger partial charge in [-0.25, -0.2) is 4.79 Å². The summed E-state index contributed by atoms with van der Waals surface area (Å²) in [6.45, 7) is 0. The Morgan fingerprint density at radius 1 is 1.36 bits per heavy atom. The van der Waals surface area contributed by atoms with Crippen molar-refractivity contribution >= 4 is 21.1 Å². The monoisotopic (exact) mass is 168 g/mol. The minimum atomic E-state index is -0.485. The third kappa shape index (κ3) is 1.92. The van der Waals surface area contributed by atoms with E-state index in [9.17, 15) is 4.79 Å². The maximum atomic E-state index is 10.6. The molecule has 2 N–H and O–H groups in total. The maximum absolute atomic E-state index is 10.6. The summed E-state index contributed by atoms with van der Waals surface area (Å²) in [7, 11) is 2.25. The molecule has 0 radical (unpaired) electrons. The van der Waals surface area contributed by atoms with Crippen LogP contribution in [0.5, 0.6) is 0 Å². The number of urea groups is 1. The van der Waals surface area contributed by atoms with E-state index in [0.29, 0.717) is 0 Å². The number of rotatable bonds is 1. The van der Waals surface area contributed by atoms with E-state index in [-0.39, 0.29) is 0 Å². The van der Waals surface area contributed by atoms with Gasteiger partial charge in [0.2, 0.25) is 0 Å². The van der Waals surface area contributed by atoms with E-state index in [1.165, 1.54) is 4.67 Å². The number of para-hydroxylation sites is 1. The number of amides is 2. The van der Waals surface area contributed by atoms with Crippen molar-refractivity contribution in [2.45, 2.75) is 0 Å². The van der Waals surface area contributed by atoms with E-state index in [4.69, 9.17) is 5.73 Å². The molecule has 0 saturated carbocycles. The first kappa shape index (κ1) is 8.02. The lowest BCUT2D eigenvalue weighted by molar-refractivity contribution is 0.257. The van der Waals surface area contributed by atoms with Gasteiger partial charge in [-0.2, -0.15) is 0 Å². The number of anilines is 1.